The maximum Gasteiger partial charge on any atom is 0.282 e. The lowest BCUT2D eigenvalue weighted by atomic mass is 10.1. The van der Waals surface area contributed by atoms with Gasteiger partial charge in [0.2, 0.25) is 0 Å². The van der Waals surface area contributed by atoms with E-state index in [0.29, 0.717) is 6.61 Å². The molecule has 0 saturated carbocycles. The molecular weight excluding hydrogens is 367 g/mol. The fourth-order valence-electron chi connectivity index (χ4n) is 2.01. The van der Waals surface area contributed by atoms with Crippen molar-refractivity contribution < 1.29 is 23.9 Å². The average molecular weight is 383 g/mol. The molecule has 0 aliphatic carbocycles. The molecule has 1 amide bonds. The average Bonchev–Trinajstić information content (AvgIpc) is 2.62. The van der Waals surface area contributed by atoms with E-state index in [9.17, 15) is 19.3 Å². The van der Waals surface area contributed by atoms with Crippen LogP contribution in [0.3, 0.4) is 0 Å². The van der Waals surface area contributed by atoms with Gasteiger partial charge in [-0.15, -0.1) is 0 Å². The minimum Gasteiger partial charge on any atom is -0.336 e. The lowest BCUT2D eigenvalue weighted by molar-refractivity contribution is -0.385. The Morgan fingerprint density at radius 3 is 2.77 bits per heavy atom. The third-order valence-corrected chi connectivity index (χ3v) is 3.64. The van der Waals surface area contributed by atoms with E-state index in [1.54, 1.807) is 0 Å². The van der Waals surface area contributed by atoms with Crippen molar-refractivity contribution in [2.75, 3.05) is 11.9 Å². The lowest BCUT2D eigenvalue weighted by Crippen LogP contribution is -2.15. The van der Waals surface area contributed by atoms with Crippen molar-refractivity contribution in [1.29, 1.82) is 0 Å². The van der Waals surface area contributed by atoms with Gasteiger partial charge in [-0.25, -0.2) is 4.39 Å². The number of hydrogen-bond acceptors (Lipinski definition) is 5. The van der Waals surface area contributed by atoms with Crippen LogP contribution in [-0.2, 0) is 4.89 Å². The van der Waals surface area contributed by atoms with E-state index in [1.165, 1.54) is 24.3 Å². The van der Waals surface area contributed by atoms with E-state index in [2.05, 4.69) is 5.32 Å². The van der Waals surface area contributed by atoms with Crippen molar-refractivity contribution in [3.05, 3.63) is 62.9 Å². The second-order valence-corrected chi connectivity index (χ2v) is 5.66. The number of anilines is 1. The Bertz CT molecular complexity index is 816. The molecule has 0 aliphatic heterocycles. The van der Waals surface area contributed by atoms with Crippen LogP contribution >= 0.6 is 11.6 Å². The summed E-state index contributed by atoms with van der Waals surface area (Å²) in [7, 11) is 0. The highest BCUT2D eigenvalue weighted by Crippen LogP contribution is 2.31. The molecule has 2 rings (SSSR count). The maximum atomic E-state index is 14.1. The first-order valence-electron chi connectivity index (χ1n) is 7.77. The molecule has 0 bridgehead atoms. The third-order valence-electron chi connectivity index (χ3n) is 3.35. The summed E-state index contributed by atoms with van der Waals surface area (Å²) in [5.74, 6) is -1.64. The molecule has 0 aromatic heterocycles. The number of para-hydroxylation sites is 1. The molecule has 0 aliphatic rings. The number of unbranched alkanes of at least 4 members (excludes halogenated alkanes) is 1. The fourth-order valence-corrected chi connectivity index (χ4v) is 2.19. The highest BCUT2D eigenvalue weighted by atomic mass is 35.5. The highest BCUT2D eigenvalue weighted by Gasteiger charge is 2.21. The van der Waals surface area contributed by atoms with Crippen molar-refractivity contribution in [2.24, 2.45) is 0 Å². The number of carbonyl (C=O) groups excluding carboxylic acids is 1. The zero-order valence-corrected chi connectivity index (χ0v) is 14.6. The van der Waals surface area contributed by atoms with Gasteiger partial charge in [0.25, 0.3) is 11.6 Å². The largest absolute Gasteiger partial charge is 0.336 e. The molecule has 0 fully saturated rings. The van der Waals surface area contributed by atoms with Crippen LogP contribution in [0, 0.1) is 15.9 Å². The van der Waals surface area contributed by atoms with Gasteiger partial charge in [-0.1, -0.05) is 37.1 Å². The molecule has 2 aromatic carbocycles. The summed E-state index contributed by atoms with van der Waals surface area (Å²) in [6.45, 7) is 2.30. The van der Waals surface area contributed by atoms with Gasteiger partial charge >= 0.3 is 0 Å². The van der Waals surface area contributed by atoms with Crippen LogP contribution in [0.25, 0.3) is 0 Å². The zero-order chi connectivity index (χ0) is 19.1. The van der Waals surface area contributed by atoms with Crippen LogP contribution in [0.5, 0.6) is 5.75 Å². The number of benzene rings is 2. The second kappa shape index (κ2) is 9.12. The van der Waals surface area contributed by atoms with Crippen molar-refractivity contribution in [1.82, 2.24) is 0 Å². The Kier molecular flexibility index (Phi) is 6.88. The predicted molar refractivity (Wildman–Crippen MR) is 93.9 cm³/mol. The van der Waals surface area contributed by atoms with Gasteiger partial charge in [0.15, 0.2) is 5.75 Å². The minimum absolute atomic E-state index is 0.0158. The minimum atomic E-state index is -0.837. The molecule has 0 saturated heterocycles. The quantitative estimate of drug-likeness (QED) is 0.308. The van der Waals surface area contributed by atoms with Crippen LogP contribution in [0.15, 0.2) is 36.4 Å². The summed E-state index contributed by atoms with van der Waals surface area (Å²) in [4.78, 5) is 32.6. The number of nitro benzene ring substituents is 1. The van der Waals surface area contributed by atoms with E-state index in [-0.39, 0.29) is 22.0 Å². The van der Waals surface area contributed by atoms with E-state index in [1.807, 2.05) is 6.92 Å². The van der Waals surface area contributed by atoms with E-state index < -0.39 is 22.3 Å². The third kappa shape index (κ3) is 4.90. The Balaban J connectivity index is 2.21. The zero-order valence-electron chi connectivity index (χ0n) is 13.8. The molecular formula is C17H16ClFN2O5. The van der Waals surface area contributed by atoms with Gasteiger partial charge in [0.05, 0.1) is 22.2 Å². The summed E-state index contributed by atoms with van der Waals surface area (Å²) < 4.78 is 14.1. The molecule has 7 nitrogen and oxygen atoms in total. The molecule has 9 heteroatoms. The van der Waals surface area contributed by atoms with Crippen molar-refractivity contribution in [3.63, 3.8) is 0 Å². The highest BCUT2D eigenvalue weighted by molar-refractivity contribution is 6.32. The van der Waals surface area contributed by atoms with Crippen molar-refractivity contribution >= 4 is 28.9 Å². The number of hydrogen-bond donors (Lipinski definition) is 1. The van der Waals surface area contributed by atoms with Gasteiger partial charge in [-0.2, -0.15) is 4.89 Å². The summed E-state index contributed by atoms with van der Waals surface area (Å²) in [6, 6.07) is 7.45. The van der Waals surface area contributed by atoms with E-state index >= 15 is 0 Å². The number of nitrogens with one attached hydrogen (secondary N) is 1. The first-order chi connectivity index (χ1) is 12.4. The number of nitrogens with zero attached hydrogens (tertiary/aromatic N) is 1. The number of halogens is 2. The second-order valence-electron chi connectivity index (χ2n) is 5.25. The smallest absolute Gasteiger partial charge is 0.282 e. The molecule has 26 heavy (non-hydrogen) atoms. The summed E-state index contributed by atoms with van der Waals surface area (Å²) in [5.41, 5.74) is -0.834. The molecule has 0 spiro atoms. The molecule has 0 unspecified atom stereocenters. The standard InChI is InChI=1S/C17H16ClFN2O5/c1-2-3-8-25-26-16-10-14(13(19)9-12(16)18)20-17(22)11-6-4-5-7-15(11)21(23)24/h4-7,9-10H,2-3,8H2,1H3,(H,20,22). The molecule has 0 heterocycles. The van der Waals surface area contributed by atoms with Gasteiger partial charge in [0.1, 0.15) is 11.4 Å². The molecule has 138 valence electrons. The number of rotatable bonds is 8. The first kappa shape index (κ1) is 19.6. The van der Waals surface area contributed by atoms with Crippen LogP contribution in [0.4, 0.5) is 15.8 Å². The normalized spacial score (nSPS) is 10.4. The molecule has 2 aromatic rings. The van der Waals surface area contributed by atoms with Crippen LogP contribution < -0.4 is 10.2 Å². The maximum absolute atomic E-state index is 14.1. The summed E-state index contributed by atoms with van der Waals surface area (Å²) in [5, 5.41) is 13.3. The topological polar surface area (TPSA) is 90.7 Å². The number of amides is 1. The van der Waals surface area contributed by atoms with Gasteiger partial charge in [0, 0.05) is 12.1 Å². The van der Waals surface area contributed by atoms with Crippen LogP contribution in [0.1, 0.15) is 30.1 Å². The first-order valence-corrected chi connectivity index (χ1v) is 8.15. The Hall–Kier alpha value is -2.71. The lowest BCUT2D eigenvalue weighted by Gasteiger charge is -2.11. The predicted octanol–water partition coefficient (Wildman–Crippen LogP) is 4.75. The molecule has 1 N–H and O–H groups in total. The van der Waals surface area contributed by atoms with Gasteiger partial charge < -0.3 is 10.2 Å². The SMILES string of the molecule is CCCCOOc1cc(NC(=O)c2ccccc2[N+](=O)[O-])c(F)cc1Cl. The summed E-state index contributed by atoms with van der Waals surface area (Å²) in [6.07, 6.45) is 1.66. The Morgan fingerprint density at radius 2 is 2.08 bits per heavy atom. The fraction of sp³-hybridized carbons (Fsp3) is 0.235. The van der Waals surface area contributed by atoms with Crippen molar-refractivity contribution in [3.8, 4) is 5.75 Å². The number of nitro groups is 1. The van der Waals surface area contributed by atoms with E-state index in [4.69, 9.17) is 21.4 Å². The summed E-state index contributed by atoms with van der Waals surface area (Å²) >= 11 is 5.89. The monoisotopic (exact) mass is 382 g/mol. The van der Waals surface area contributed by atoms with E-state index in [0.717, 1.165) is 25.0 Å². The molecule has 0 atom stereocenters. The van der Waals surface area contributed by atoms with Crippen LogP contribution in [-0.4, -0.2) is 17.4 Å². The van der Waals surface area contributed by atoms with Crippen LogP contribution in [0.2, 0.25) is 5.02 Å². The molecule has 0 radical (unpaired) electrons. The number of carbonyl (C=O) groups is 1. The Labute approximate surface area is 153 Å². The van der Waals surface area contributed by atoms with Crippen molar-refractivity contribution in [2.45, 2.75) is 19.8 Å². The van der Waals surface area contributed by atoms with Gasteiger partial charge in [-0.3, -0.25) is 14.9 Å². The Morgan fingerprint density at radius 1 is 1.35 bits per heavy atom. The van der Waals surface area contributed by atoms with Gasteiger partial charge in [-0.05, 0) is 18.6 Å².